The van der Waals surface area contributed by atoms with Crippen LogP contribution in [0.1, 0.15) is 26.3 Å². The number of nitrogens with zero attached hydrogens (tertiary/aromatic N) is 4. The van der Waals surface area contributed by atoms with Gasteiger partial charge in [0, 0.05) is 42.7 Å². The molecule has 1 saturated carbocycles. The van der Waals surface area contributed by atoms with Gasteiger partial charge in [0.1, 0.15) is 11.9 Å². The third-order valence-corrected chi connectivity index (χ3v) is 4.58. The number of piperidine rings is 1. The predicted molar refractivity (Wildman–Crippen MR) is 81.5 cm³/mol. The van der Waals surface area contributed by atoms with Gasteiger partial charge in [0.15, 0.2) is 0 Å². The lowest BCUT2D eigenvalue weighted by molar-refractivity contribution is 0.0881. The maximum Gasteiger partial charge on any atom is 0.408 e. The maximum absolute atomic E-state index is 11.6. The van der Waals surface area contributed by atoms with Crippen LogP contribution in [0.4, 0.5) is 10.6 Å². The average Bonchev–Trinajstić information content (AvgIpc) is 2.91. The van der Waals surface area contributed by atoms with E-state index in [1.165, 1.54) is 0 Å². The lowest BCUT2D eigenvalue weighted by Crippen LogP contribution is -2.49. The van der Waals surface area contributed by atoms with Crippen LogP contribution in [0.2, 0.25) is 0 Å². The zero-order valence-electron chi connectivity index (χ0n) is 13.0. The highest BCUT2D eigenvalue weighted by molar-refractivity contribution is 5.67. The molecule has 1 unspecified atom stereocenters. The number of anilines is 1. The molecule has 0 radical (unpaired) electrons. The maximum atomic E-state index is 11.6. The van der Waals surface area contributed by atoms with Gasteiger partial charge in [0.2, 0.25) is 0 Å². The van der Waals surface area contributed by atoms with E-state index in [2.05, 4.69) is 16.0 Å². The first kappa shape index (κ1) is 14.6. The highest BCUT2D eigenvalue weighted by atomic mass is 16.4. The van der Waals surface area contributed by atoms with E-state index in [0.717, 1.165) is 18.9 Å². The number of hydrogen-bond donors (Lipinski definition) is 1. The van der Waals surface area contributed by atoms with E-state index in [-0.39, 0.29) is 11.6 Å². The fourth-order valence-corrected chi connectivity index (χ4v) is 3.57. The van der Waals surface area contributed by atoms with Crippen molar-refractivity contribution in [2.24, 2.45) is 11.8 Å². The standard InChI is InChI=1S/C16H20N4O2/c1-16(2,3)20(15(21)22)14-11-8-19(9-12(11)14)13-5-4-10(6-17)7-18-13/h4-5,7,11-12,14H,8-9H2,1-3H3,(H,21,22)/t11-,12+,14?. The minimum atomic E-state index is -0.838. The summed E-state index contributed by atoms with van der Waals surface area (Å²) in [5.74, 6) is 1.63. The molecule has 3 rings (SSSR count). The monoisotopic (exact) mass is 300 g/mol. The second-order valence-electron chi connectivity index (χ2n) is 7.06. The van der Waals surface area contributed by atoms with Gasteiger partial charge in [-0.25, -0.2) is 9.78 Å². The van der Waals surface area contributed by atoms with Crippen molar-refractivity contribution in [1.29, 1.82) is 5.26 Å². The van der Waals surface area contributed by atoms with E-state index in [4.69, 9.17) is 5.26 Å². The van der Waals surface area contributed by atoms with Gasteiger partial charge in [-0.05, 0) is 32.9 Å². The Morgan fingerprint density at radius 3 is 2.45 bits per heavy atom. The molecule has 0 aromatic carbocycles. The van der Waals surface area contributed by atoms with Crippen LogP contribution in [0.3, 0.4) is 0 Å². The van der Waals surface area contributed by atoms with Crippen LogP contribution in [0.5, 0.6) is 0 Å². The summed E-state index contributed by atoms with van der Waals surface area (Å²) in [5, 5.41) is 18.3. The minimum Gasteiger partial charge on any atom is -0.465 e. The van der Waals surface area contributed by atoms with Crippen LogP contribution < -0.4 is 4.90 Å². The number of carboxylic acid groups (broad SMARTS) is 1. The van der Waals surface area contributed by atoms with Gasteiger partial charge in [-0.2, -0.15) is 5.26 Å². The van der Waals surface area contributed by atoms with Gasteiger partial charge >= 0.3 is 6.09 Å². The summed E-state index contributed by atoms with van der Waals surface area (Å²) >= 11 is 0. The molecule has 2 heterocycles. The Morgan fingerprint density at radius 1 is 1.41 bits per heavy atom. The number of carbonyl (C=O) groups is 1. The van der Waals surface area contributed by atoms with Crippen molar-refractivity contribution in [3.63, 3.8) is 0 Å². The highest BCUT2D eigenvalue weighted by Gasteiger charge is 2.61. The van der Waals surface area contributed by atoms with Crippen LogP contribution in [0, 0.1) is 23.2 Å². The Hall–Kier alpha value is -2.29. The van der Waals surface area contributed by atoms with Crippen LogP contribution in [0.25, 0.3) is 0 Å². The molecule has 2 fully saturated rings. The van der Waals surface area contributed by atoms with Crippen molar-refractivity contribution < 1.29 is 9.90 Å². The van der Waals surface area contributed by atoms with Crippen molar-refractivity contribution in [2.45, 2.75) is 32.4 Å². The molecular formula is C16H20N4O2. The zero-order valence-corrected chi connectivity index (χ0v) is 13.0. The Labute approximate surface area is 130 Å². The third-order valence-electron chi connectivity index (χ3n) is 4.58. The molecule has 1 aliphatic heterocycles. The first-order chi connectivity index (χ1) is 10.3. The van der Waals surface area contributed by atoms with E-state index in [0.29, 0.717) is 17.4 Å². The molecule has 2 aliphatic rings. The Morgan fingerprint density at radius 2 is 2.05 bits per heavy atom. The van der Waals surface area contributed by atoms with Crippen molar-refractivity contribution in [1.82, 2.24) is 9.88 Å². The molecule has 1 saturated heterocycles. The van der Waals surface area contributed by atoms with Gasteiger partial charge < -0.3 is 10.0 Å². The fourth-order valence-electron chi connectivity index (χ4n) is 3.57. The molecule has 6 nitrogen and oxygen atoms in total. The van der Waals surface area contributed by atoms with Gasteiger partial charge in [0.25, 0.3) is 0 Å². The number of aromatic nitrogens is 1. The van der Waals surface area contributed by atoms with Gasteiger partial charge in [-0.1, -0.05) is 0 Å². The second kappa shape index (κ2) is 4.87. The number of amides is 1. The molecule has 1 N–H and O–H groups in total. The molecule has 0 bridgehead atoms. The number of rotatable bonds is 2. The Balaban J connectivity index is 1.68. The summed E-state index contributed by atoms with van der Waals surface area (Å²) in [5.41, 5.74) is 0.175. The number of fused-ring (bicyclic) bond motifs is 1. The normalized spacial score (nSPS) is 26.3. The van der Waals surface area contributed by atoms with E-state index in [1.807, 2.05) is 26.8 Å². The van der Waals surface area contributed by atoms with Crippen molar-refractivity contribution in [3.8, 4) is 6.07 Å². The molecule has 6 heteroatoms. The second-order valence-corrected chi connectivity index (χ2v) is 7.06. The lowest BCUT2D eigenvalue weighted by atomic mass is 10.1. The average molecular weight is 300 g/mol. The SMILES string of the molecule is CC(C)(C)N(C(=O)O)C1[C@H]2CN(c3ccc(C#N)cn3)C[C@@H]12. The van der Waals surface area contributed by atoms with E-state index < -0.39 is 6.09 Å². The van der Waals surface area contributed by atoms with Crippen molar-refractivity contribution >= 4 is 11.9 Å². The van der Waals surface area contributed by atoms with E-state index >= 15 is 0 Å². The third kappa shape index (κ3) is 2.37. The topological polar surface area (TPSA) is 80.5 Å². The predicted octanol–water partition coefficient (Wildman–Crippen LogP) is 2.17. The van der Waals surface area contributed by atoms with Crippen LogP contribution in [0.15, 0.2) is 18.3 Å². The summed E-state index contributed by atoms with van der Waals surface area (Å²) in [6, 6.07) is 5.80. The highest BCUT2D eigenvalue weighted by Crippen LogP contribution is 2.51. The lowest BCUT2D eigenvalue weighted by Gasteiger charge is -2.35. The summed E-state index contributed by atoms with van der Waals surface area (Å²) in [7, 11) is 0. The number of hydrogen-bond acceptors (Lipinski definition) is 4. The minimum absolute atomic E-state index is 0.118. The van der Waals surface area contributed by atoms with Crippen molar-refractivity contribution in [3.05, 3.63) is 23.9 Å². The molecule has 22 heavy (non-hydrogen) atoms. The summed E-state index contributed by atoms with van der Waals surface area (Å²) in [6.45, 7) is 7.47. The molecule has 1 aromatic heterocycles. The number of pyridine rings is 1. The summed E-state index contributed by atoms with van der Waals surface area (Å²) in [6.07, 6.45) is 0.741. The largest absolute Gasteiger partial charge is 0.465 e. The van der Waals surface area contributed by atoms with Crippen LogP contribution in [-0.2, 0) is 0 Å². The fraction of sp³-hybridized carbons (Fsp3) is 0.562. The first-order valence-corrected chi connectivity index (χ1v) is 7.46. The molecule has 1 amide bonds. The molecule has 0 spiro atoms. The summed E-state index contributed by atoms with van der Waals surface area (Å²) in [4.78, 5) is 19.6. The molecule has 1 aromatic rings. The van der Waals surface area contributed by atoms with Gasteiger partial charge in [0.05, 0.1) is 5.56 Å². The zero-order chi connectivity index (χ0) is 16.1. The Bertz CT molecular complexity index is 617. The first-order valence-electron chi connectivity index (χ1n) is 7.46. The quantitative estimate of drug-likeness (QED) is 0.905. The summed E-state index contributed by atoms with van der Waals surface area (Å²) < 4.78 is 0. The van der Waals surface area contributed by atoms with E-state index in [9.17, 15) is 9.90 Å². The van der Waals surface area contributed by atoms with Crippen LogP contribution in [-0.4, -0.2) is 45.8 Å². The molecular weight excluding hydrogens is 280 g/mol. The molecule has 3 atom stereocenters. The number of nitriles is 1. The van der Waals surface area contributed by atoms with Gasteiger partial charge in [-0.3, -0.25) is 4.90 Å². The van der Waals surface area contributed by atoms with E-state index in [1.54, 1.807) is 17.2 Å². The van der Waals surface area contributed by atoms with Crippen molar-refractivity contribution in [2.75, 3.05) is 18.0 Å². The smallest absolute Gasteiger partial charge is 0.408 e. The molecule has 1 aliphatic carbocycles. The Kier molecular flexibility index (Phi) is 3.24. The van der Waals surface area contributed by atoms with Crippen LogP contribution >= 0.6 is 0 Å². The van der Waals surface area contributed by atoms with Gasteiger partial charge in [-0.15, -0.1) is 0 Å². The molecule has 116 valence electrons.